The smallest absolute Gasteiger partial charge is 0.343 e. The average molecular weight is 283 g/mol. The van der Waals surface area contributed by atoms with Gasteiger partial charge in [-0.15, -0.1) is 11.3 Å². The monoisotopic (exact) mass is 283 g/mol. The zero-order valence-electron chi connectivity index (χ0n) is 11.2. The van der Waals surface area contributed by atoms with E-state index >= 15 is 0 Å². The van der Waals surface area contributed by atoms with E-state index in [-0.39, 0.29) is 5.97 Å². The van der Waals surface area contributed by atoms with Gasteiger partial charge in [0, 0.05) is 0 Å². The Kier molecular flexibility index (Phi) is 3.24. The number of benzene rings is 2. The Morgan fingerprint density at radius 1 is 1.15 bits per heavy atom. The van der Waals surface area contributed by atoms with Crippen molar-refractivity contribution in [2.75, 3.05) is 0 Å². The van der Waals surface area contributed by atoms with Crippen LogP contribution < -0.4 is 4.74 Å². The van der Waals surface area contributed by atoms with Crippen LogP contribution >= 0.6 is 11.3 Å². The number of para-hydroxylation sites is 1. The predicted molar refractivity (Wildman–Crippen MR) is 80.5 cm³/mol. The highest BCUT2D eigenvalue weighted by Crippen LogP contribution is 2.25. The van der Waals surface area contributed by atoms with Gasteiger partial charge in [0.05, 0.1) is 21.3 Å². The molecule has 0 aliphatic rings. The highest BCUT2D eigenvalue weighted by atomic mass is 32.1. The summed E-state index contributed by atoms with van der Waals surface area (Å²) in [6.07, 6.45) is 0. The van der Waals surface area contributed by atoms with Crippen molar-refractivity contribution in [3.63, 3.8) is 0 Å². The molecule has 3 nitrogen and oxygen atoms in total. The molecular weight excluding hydrogens is 270 g/mol. The van der Waals surface area contributed by atoms with E-state index in [9.17, 15) is 4.79 Å². The van der Waals surface area contributed by atoms with Gasteiger partial charge in [-0.3, -0.25) is 0 Å². The first-order valence-corrected chi connectivity index (χ1v) is 7.15. The number of aromatic nitrogens is 1. The van der Waals surface area contributed by atoms with Crippen molar-refractivity contribution in [1.29, 1.82) is 0 Å². The number of fused-ring (bicyclic) bond motifs is 1. The Bertz CT molecular complexity index is 772. The first-order valence-electron chi connectivity index (χ1n) is 6.27. The number of thiazole rings is 1. The molecule has 0 N–H and O–H groups in total. The minimum Gasteiger partial charge on any atom is -0.422 e. The number of hydrogen-bond acceptors (Lipinski definition) is 4. The number of nitrogens with zero attached hydrogens (tertiary/aromatic N) is 1. The van der Waals surface area contributed by atoms with Gasteiger partial charge in [-0.25, -0.2) is 9.78 Å². The van der Waals surface area contributed by atoms with E-state index in [2.05, 4.69) is 4.98 Å². The van der Waals surface area contributed by atoms with Crippen molar-refractivity contribution in [3.8, 4) is 5.75 Å². The third-order valence-corrected chi connectivity index (χ3v) is 3.96. The fourth-order valence-electron chi connectivity index (χ4n) is 2.09. The second-order valence-corrected chi connectivity index (χ2v) is 5.53. The van der Waals surface area contributed by atoms with Crippen LogP contribution in [0.2, 0.25) is 0 Å². The third-order valence-electron chi connectivity index (χ3n) is 3.17. The van der Waals surface area contributed by atoms with E-state index in [1.54, 1.807) is 11.6 Å². The lowest BCUT2D eigenvalue weighted by Crippen LogP contribution is -2.10. The van der Waals surface area contributed by atoms with Crippen molar-refractivity contribution < 1.29 is 9.53 Å². The molecule has 20 heavy (non-hydrogen) atoms. The van der Waals surface area contributed by atoms with Gasteiger partial charge in [0.25, 0.3) is 0 Å². The number of carbonyl (C=O) groups excluding carboxylic acids is 1. The minimum atomic E-state index is -0.335. The van der Waals surface area contributed by atoms with E-state index in [0.29, 0.717) is 11.3 Å². The van der Waals surface area contributed by atoms with Crippen LogP contribution in [0, 0.1) is 13.8 Å². The highest BCUT2D eigenvalue weighted by molar-refractivity contribution is 7.16. The molecule has 0 unspecified atom stereocenters. The molecule has 2 aromatic carbocycles. The number of esters is 1. The predicted octanol–water partition coefficient (Wildman–Crippen LogP) is 4.13. The summed E-state index contributed by atoms with van der Waals surface area (Å²) in [7, 11) is 0. The summed E-state index contributed by atoms with van der Waals surface area (Å²) < 4.78 is 6.52. The van der Waals surface area contributed by atoms with Gasteiger partial charge >= 0.3 is 5.97 Å². The second-order valence-electron chi connectivity index (χ2n) is 4.65. The summed E-state index contributed by atoms with van der Waals surface area (Å²) >= 11 is 1.51. The molecule has 0 bridgehead atoms. The fourth-order valence-corrected chi connectivity index (χ4v) is 2.81. The van der Waals surface area contributed by atoms with Gasteiger partial charge in [0.2, 0.25) is 0 Å². The Morgan fingerprint density at radius 2 is 1.90 bits per heavy atom. The normalized spacial score (nSPS) is 10.7. The molecule has 1 aromatic heterocycles. The van der Waals surface area contributed by atoms with E-state index in [4.69, 9.17) is 4.74 Å². The maximum Gasteiger partial charge on any atom is 0.343 e. The Morgan fingerprint density at radius 3 is 2.65 bits per heavy atom. The van der Waals surface area contributed by atoms with Gasteiger partial charge in [0.1, 0.15) is 5.75 Å². The first kappa shape index (κ1) is 12.8. The highest BCUT2D eigenvalue weighted by Gasteiger charge is 2.13. The van der Waals surface area contributed by atoms with Crippen LogP contribution in [0.1, 0.15) is 21.5 Å². The maximum absolute atomic E-state index is 12.2. The van der Waals surface area contributed by atoms with Crippen LogP contribution in [0.5, 0.6) is 5.75 Å². The Balaban J connectivity index is 1.92. The van der Waals surface area contributed by atoms with Crippen molar-refractivity contribution in [1.82, 2.24) is 4.98 Å². The van der Waals surface area contributed by atoms with Gasteiger partial charge in [-0.05, 0) is 43.2 Å². The summed E-state index contributed by atoms with van der Waals surface area (Å²) in [5.41, 5.74) is 5.13. The van der Waals surface area contributed by atoms with Gasteiger partial charge < -0.3 is 4.74 Å². The van der Waals surface area contributed by atoms with Crippen molar-refractivity contribution >= 4 is 27.5 Å². The van der Waals surface area contributed by atoms with E-state index in [0.717, 1.165) is 21.3 Å². The van der Waals surface area contributed by atoms with E-state index in [1.807, 2.05) is 44.2 Å². The molecule has 100 valence electrons. The molecule has 0 aliphatic heterocycles. The maximum atomic E-state index is 12.2. The molecule has 0 fully saturated rings. The van der Waals surface area contributed by atoms with Gasteiger partial charge in [-0.1, -0.05) is 18.2 Å². The van der Waals surface area contributed by atoms with Crippen LogP contribution in [0.4, 0.5) is 0 Å². The molecule has 0 spiro atoms. The lowest BCUT2D eigenvalue weighted by molar-refractivity contribution is 0.0732. The lowest BCUT2D eigenvalue weighted by atomic mass is 10.1. The van der Waals surface area contributed by atoms with Crippen LogP contribution in [0.3, 0.4) is 0 Å². The molecule has 0 saturated heterocycles. The summed E-state index contributed by atoms with van der Waals surface area (Å²) in [6, 6.07) is 11.2. The Labute approximate surface area is 120 Å². The number of ether oxygens (including phenoxy) is 1. The number of hydrogen-bond donors (Lipinski definition) is 0. The standard InChI is InChI=1S/C16H13NO2S/c1-10-4-3-5-11(2)15(10)19-16(18)12-6-7-13-14(8-12)20-9-17-13/h3-9H,1-2H3. The van der Waals surface area contributed by atoms with Crippen LogP contribution in [-0.4, -0.2) is 11.0 Å². The van der Waals surface area contributed by atoms with Crippen molar-refractivity contribution in [3.05, 3.63) is 58.6 Å². The van der Waals surface area contributed by atoms with Crippen LogP contribution in [0.15, 0.2) is 41.9 Å². The molecule has 1 heterocycles. The summed E-state index contributed by atoms with van der Waals surface area (Å²) in [5.74, 6) is 0.305. The first-order chi connectivity index (χ1) is 9.65. The van der Waals surface area contributed by atoms with Gasteiger partial charge in [0.15, 0.2) is 0 Å². The van der Waals surface area contributed by atoms with Crippen molar-refractivity contribution in [2.24, 2.45) is 0 Å². The summed E-state index contributed by atoms with van der Waals surface area (Å²) in [6.45, 7) is 3.87. The quantitative estimate of drug-likeness (QED) is 0.524. The van der Waals surface area contributed by atoms with Crippen LogP contribution in [-0.2, 0) is 0 Å². The molecule has 0 radical (unpaired) electrons. The number of carbonyl (C=O) groups is 1. The topological polar surface area (TPSA) is 39.2 Å². The molecule has 4 heteroatoms. The molecule has 0 atom stereocenters. The molecular formula is C16H13NO2S. The zero-order valence-corrected chi connectivity index (χ0v) is 12.0. The molecule has 3 aromatic rings. The SMILES string of the molecule is Cc1cccc(C)c1OC(=O)c1ccc2ncsc2c1. The molecule has 0 aliphatic carbocycles. The summed E-state index contributed by atoms with van der Waals surface area (Å²) in [5, 5.41) is 0. The number of aryl methyl sites for hydroxylation is 2. The van der Waals surface area contributed by atoms with Crippen LogP contribution in [0.25, 0.3) is 10.2 Å². The van der Waals surface area contributed by atoms with Gasteiger partial charge in [-0.2, -0.15) is 0 Å². The third kappa shape index (κ3) is 2.30. The largest absolute Gasteiger partial charge is 0.422 e. The zero-order chi connectivity index (χ0) is 14.1. The molecule has 3 rings (SSSR count). The minimum absolute atomic E-state index is 0.335. The average Bonchev–Trinajstić information content (AvgIpc) is 2.90. The van der Waals surface area contributed by atoms with E-state index in [1.165, 1.54) is 11.3 Å². The van der Waals surface area contributed by atoms with Crippen molar-refractivity contribution in [2.45, 2.75) is 13.8 Å². The lowest BCUT2D eigenvalue weighted by Gasteiger charge is -2.10. The fraction of sp³-hybridized carbons (Fsp3) is 0.125. The Hall–Kier alpha value is -2.20. The molecule has 0 amide bonds. The second kappa shape index (κ2) is 5.06. The van der Waals surface area contributed by atoms with E-state index < -0.39 is 0 Å². The number of rotatable bonds is 2. The molecule has 0 saturated carbocycles. The summed E-state index contributed by atoms with van der Waals surface area (Å²) in [4.78, 5) is 16.4.